The van der Waals surface area contributed by atoms with Crippen molar-refractivity contribution in [2.24, 2.45) is 0 Å². The maximum absolute atomic E-state index is 11.8. The zero-order valence-electron chi connectivity index (χ0n) is 19.1. The Bertz CT molecular complexity index is 1080. The summed E-state index contributed by atoms with van der Waals surface area (Å²) in [4.78, 5) is 14.2. The summed E-state index contributed by atoms with van der Waals surface area (Å²) in [6, 6.07) is 21.8. The summed E-state index contributed by atoms with van der Waals surface area (Å²) in [7, 11) is 1.68. The highest BCUT2D eigenvalue weighted by Gasteiger charge is 2.26. The van der Waals surface area contributed by atoms with Crippen molar-refractivity contribution in [3.63, 3.8) is 0 Å². The second-order valence-electron chi connectivity index (χ2n) is 8.38. The molecule has 0 amide bonds. The molecule has 3 aromatic rings. The van der Waals surface area contributed by atoms with Gasteiger partial charge in [0, 0.05) is 25.2 Å². The number of nitrogens with zero attached hydrogens (tertiary/aromatic N) is 1. The summed E-state index contributed by atoms with van der Waals surface area (Å²) < 4.78 is 10.7. The van der Waals surface area contributed by atoms with Crippen molar-refractivity contribution in [2.75, 3.05) is 31.7 Å². The third-order valence-electron chi connectivity index (χ3n) is 6.20. The Morgan fingerprint density at radius 1 is 1.16 bits per heavy atom. The predicted octanol–water partition coefficient (Wildman–Crippen LogP) is 4.88. The van der Waals surface area contributed by atoms with E-state index in [4.69, 9.17) is 9.47 Å². The first-order chi connectivity index (χ1) is 15.6. The number of esters is 1. The van der Waals surface area contributed by atoms with Gasteiger partial charge in [-0.15, -0.1) is 0 Å². The molecule has 0 radical (unpaired) electrons. The highest BCUT2D eigenvalue weighted by molar-refractivity contribution is 5.86. The number of benzene rings is 3. The predicted molar refractivity (Wildman–Crippen MR) is 129 cm³/mol. The first-order valence-corrected chi connectivity index (χ1v) is 11.4. The molecule has 1 aliphatic rings. The third kappa shape index (κ3) is 4.89. The van der Waals surface area contributed by atoms with Crippen molar-refractivity contribution >= 4 is 22.4 Å². The number of nitrogens with one attached hydrogen (secondary N) is 1. The number of carbonyl (C=O) groups is 1. The molecule has 5 nitrogen and oxygen atoms in total. The maximum Gasteiger partial charge on any atom is 0.310 e. The van der Waals surface area contributed by atoms with Gasteiger partial charge in [-0.05, 0) is 54.3 Å². The number of hydrogen-bond donors (Lipinski definition) is 1. The lowest BCUT2D eigenvalue weighted by atomic mass is 9.99. The Hall–Kier alpha value is -3.05. The summed E-state index contributed by atoms with van der Waals surface area (Å²) in [6.45, 7) is 6.35. The van der Waals surface area contributed by atoms with E-state index in [-0.39, 0.29) is 18.4 Å². The van der Waals surface area contributed by atoms with Gasteiger partial charge in [-0.25, -0.2) is 0 Å². The summed E-state index contributed by atoms with van der Waals surface area (Å²) in [5, 5.41) is 6.42. The van der Waals surface area contributed by atoms with Crippen LogP contribution in [0.25, 0.3) is 10.8 Å². The van der Waals surface area contributed by atoms with Gasteiger partial charge in [0.1, 0.15) is 5.75 Å². The van der Waals surface area contributed by atoms with Gasteiger partial charge >= 0.3 is 5.97 Å². The van der Waals surface area contributed by atoms with Crippen molar-refractivity contribution in [1.29, 1.82) is 0 Å². The van der Waals surface area contributed by atoms with Gasteiger partial charge in [0.25, 0.3) is 0 Å². The van der Waals surface area contributed by atoms with E-state index in [1.807, 2.05) is 19.1 Å². The van der Waals surface area contributed by atoms with Gasteiger partial charge in [-0.1, -0.05) is 48.5 Å². The first-order valence-electron chi connectivity index (χ1n) is 11.4. The molecular formula is C27H32N2O3. The van der Waals surface area contributed by atoms with Crippen molar-refractivity contribution < 1.29 is 14.3 Å². The van der Waals surface area contributed by atoms with E-state index in [1.54, 1.807) is 7.11 Å². The molecule has 1 heterocycles. The van der Waals surface area contributed by atoms with E-state index in [0.717, 1.165) is 36.5 Å². The first kappa shape index (κ1) is 22.2. The molecule has 0 aromatic heterocycles. The quantitative estimate of drug-likeness (QED) is 0.514. The molecule has 0 aliphatic carbocycles. The minimum absolute atomic E-state index is 0.213. The molecule has 0 saturated carbocycles. The Kier molecular flexibility index (Phi) is 6.96. The molecule has 2 atom stereocenters. The second kappa shape index (κ2) is 10.0. The topological polar surface area (TPSA) is 50.8 Å². The van der Waals surface area contributed by atoms with Crippen LogP contribution in [0.4, 0.5) is 5.69 Å². The number of anilines is 1. The Balaban J connectivity index is 1.43. The number of ether oxygens (including phenoxy) is 2. The molecule has 168 valence electrons. The summed E-state index contributed by atoms with van der Waals surface area (Å²) >= 11 is 0. The fraction of sp³-hybridized carbons (Fsp3) is 0.370. The van der Waals surface area contributed by atoms with Gasteiger partial charge in [0.2, 0.25) is 0 Å². The minimum atomic E-state index is -0.213. The van der Waals surface area contributed by atoms with Crippen LogP contribution in [0.2, 0.25) is 0 Å². The molecule has 1 aliphatic heterocycles. The fourth-order valence-electron chi connectivity index (χ4n) is 4.66. The molecule has 1 fully saturated rings. The molecule has 32 heavy (non-hydrogen) atoms. The number of carbonyl (C=O) groups excluding carboxylic acids is 1. The zero-order chi connectivity index (χ0) is 22.5. The monoisotopic (exact) mass is 432 g/mol. The molecular weight excluding hydrogens is 400 g/mol. The second-order valence-corrected chi connectivity index (χ2v) is 8.38. The van der Waals surface area contributed by atoms with Crippen LogP contribution in [0.5, 0.6) is 5.75 Å². The van der Waals surface area contributed by atoms with Crippen LogP contribution in [-0.2, 0) is 16.0 Å². The van der Waals surface area contributed by atoms with Crippen LogP contribution < -0.4 is 15.0 Å². The van der Waals surface area contributed by atoms with Crippen molar-refractivity contribution in [2.45, 2.75) is 38.8 Å². The van der Waals surface area contributed by atoms with Crippen LogP contribution >= 0.6 is 0 Å². The molecule has 0 spiro atoms. The van der Waals surface area contributed by atoms with E-state index >= 15 is 0 Å². The smallest absolute Gasteiger partial charge is 0.310 e. The highest BCUT2D eigenvalue weighted by Crippen LogP contribution is 2.33. The van der Waals surface area contributed by atoms with Gasteiger partial charge in [-0.3, -0.25) is 4.79 Å². The lowest BCUT2D eigenvalue weighted by Crippen LogP contribution is -2.34. The molecule has 1 N–H and O–H groups in total. The van der Waals surface area contributed by atoms with Crippen LogP contribution in [0.3, 0.4) is 0 Å². The summed E-state index contributed by atoms with van der Waals surface area (Å²) in [6.07, 6.45) is 1.33. The number of rotatable bonds is 8. The summed E-state index contributed by atoms with van der Waals surface area (Å²) in [5.74, 6) is 0.588. The molecule has 3 aromatic carbocycles. The Morgan fingerprint density at radius 2 is 1.97 bits per heavy atom. The van der Waals surface area contributed by atoms with Gasteiger partial charge in [-0.2, -0.15) is 0 Å². The fourth-order valence-corrected chi connectivity index (χ4v) is 4.66. The number of hydrogen-bond acceptors (Lipinski definition) is 5. The van der Waals surface area contributed by atoms with Crippen molar-refractivity contribution in [3.05, 3.63) is 71.8 Å². The van der Waals surface area contributed by atoms with Crippen molar-refractivity contribution in [1.82, 2.24) is 5.32 Å². The summed E-state index contributed by atoms with van der Waals surface area (Å²) in [5.41, 5.74) is 3.31. The van der Waals surface area contributed by atoms with Crippen molar-refractivity contribution in [3.8, 4) is 5.75 Å². The molecule has 4 rings (SSSR count). The van der Waals surface area contributed by atoms with Gasteiger partial charge < -0.3 is 19.7 Å². The lowest BCUT2D eigenvalue weighted by molar-refractivity contribution is -0.142. The lowest BCUT2D eigenvalue weighted by Gasteiger charge is -2.24. The average Bonchev–Trinajstić information content (AvgIpc) is 3.26. The molecule has 5 heteroatoms. The Morgan fingerprint density at radius 3 is 2.78 bits per heavy atom. The van der Waals surface area contributed by atoms with E-state index < -0.39 is 0 Å². The van der Waals surface area contributed by atoms with Gasteiger partial charge in [0.05, 0.1) is 25.8 Å². The van der Waals surface area contributed by atoms with Gasteiger partial charge in [0.15, 0.2) is 0 Å². The standard InChI is InChI=1S/C27H32N2O3/c1-4-32-27(30)17-20-12-13-25(26(16-20)31-3)29-15-14-22(18-29)28-19(2)23-11-7-9-21-8-5-6-10-24(21)23/h5-13,16,19,22,28H,4,14-15,17-18H2,1-3H3/t19-,22+/m1/s1. The number of methoxy groups -OCH3 is 1. The number of fused-ring (bicyclic) bond motifs is 1. The van der Waals surface area contributed by atoms with Crippen LogP contribution in [0, 0.1) is 0 Å². The SMILES string of the molecule is CCOC(=O)Cc1ccc(N2CC[C@H](N[C@H](C)c3cccc4ccccc34)C2)c(OC)c1. The minimum Gasteiger partial charge on any atom is -0.495 e. The average molecular weight is 433 g/mol. The molecule has 0 unspecified atom stereocenters. The van der Waals surface area contributed by atoms with E-state index in [2.05, 4.69) is 65.7 Å². The van der Waals surface area contributed by atoms with Crippen LogP contribution in [0.15, 0.2) is 60.7 Å². The largest absolute Gasteiger partial charge is 0.495 e. The van der Waals surface area contributed by atoms with E-state index in [1.165, 1.54) is 16.3 Å². The molecule has 0 bridgehead atoms. The molecule has 1 saturated heterocycles. The van der Waals surface area contributed by atoms with E-state index in [9.17, 15) is 4.79 Å². The highest BCUT2D eigenvalue weighted by atomic mass is 16.5. The third-order valence-corrected chi connectivity index (χ3v) is 6.20. The van der Waals surface area contributed by atoms with E-state index in [0.29, 0.717) is 12.6 Å². The van der Waals surface area contributed by atoms with Crippen LogP contribution in [-0.4, -0.2) is 38.8 Å². The Labute approximate surface area is 190 Å². The van der Waals surface area contributed by atoms with Crippen LogP contribution in [0.1, 0.15) is 37.4 Å². The zero-order valence-corrected chi connectivity index (χ0v) is 19.1. The normalized spacial score (nSPS) is 16.8. The maximum atomic E-state index is 11.8.